The average Bonchev–Trinajstić information content (AvgIpc) is 1.89. The standard InChI is InChI=1S/C6H11N3/c1-6-4-8-2-3-9(6)5-7/h6,8H,2-4H2,1H3. The van der Waals surface area contributed by atoms with Crippen LogP contribution in [-0.2, 0) is 0 Å². The molecule has 9 heavy (non-hydrogen) atoms. The maximum absolute atomic E-state index is 8.51. The molecular formula is C6H11N3. The van der Waals surface area contributed by atoms with Crippen molar-refractivity contribution < 1.29 is 0 Å². The smallest absolute Gasteiger partial charge is 0.179 e. The Morgan fingerprint density at radius 1 is 1.78 bits per heavy atom. The Morgan fingerprint density at radius 2 is 2.56 bits per heavy atom. The zero-order chi connectivity index (χ0) is 6.69. The van der Waals surface area contributed by atoms with Crippen molar-refractivity contribution in [1.82, 2.24) is 10.2 Å². The molecule has 0 radical (unpaired) electrons. The number of nitrogens with one attached hydrogen (secondary N) is 1. The van der Waals surface area contributed by atoms with Crippen molar-refractivity contribution in [2.24, 2.45) is 0 Å². The molecule has 0 spiro atoms. The van der Waals surface area contributed by atoms with Crippen molar-refractivity contribution in [2.45, 2.75) is 13.0 Å². The van der Waals surface area contributed by atoms with Crippen LogP contribution in [0.3, 0.4) is 0 Å². The summed E-state index contributed by atoms with van der Waals surface area (Å²) in [6.07, 6.45) is 2.15. The van der Waals surface area contributed by atoms with Gasteiger partial charge in [0.05, 0.1) is 0 Å². The number of piperazine rings is 1. The number of hydrogen-bond acceptors (Lipinski definition) is 3. The van der Waals surface area contributed by atoms with Gasteiger partial charge in [-0.3, -0.25) is 0 Å². The molecule has 3 heteroatoms. The van der Waals surface area contributed by atoms with E-state index >= 15 is 0 Å². The molecule has 1 aliphatic rings. The maximum Gasteiger partial charge on any atom is 0.179 e. The van der Waals surface area contributed by atoms with Gasteiger partial charge in [-0.2, -0.15) is 5.26 Å². The maximum atomic E-state index is 8.51. The molecule has 1 fully saturated rings. The SMILES string of the molecule is CC1CNCCN1C#N. The summed E-state index contributed by atoms with van der Waals surface area (Å²) in [5, 5.41) is 11.7. The molecule has 0 saturated carbocycles. The molecule has 0 bridgehead atoms. The minimum absolute atomic E-state index is 0.378. The van der Waals surface area contributed by atoms with E-state index in [0.717, 1.165) is 19.6 Å². The fourth-order valence-corrected chi connectivity index (χ4v) is 0.990. The highest BCUT2D eigenvalue weighted by Gasteiger charge is 2.14. The van der Waals surface area contributed by atoms with Crippen LogP contribution in [0.15, 0.2) is 0 Å². The third kappa shape index (κ3) is 1.33. The lowest BCUT2D eigenvalue weighted by Gasteiger charge is -2.28. The zero-order valence-corrected chi connectivity index (χ0v) is 5.59. The van der Waals surface area contributed by atoms with Crippen molar-refractivity contribution in [3.05, 3.63) is 0 Å². The summed E-state index contributed by atoms with van der Waals surface area (Å²) in [5.41, 5.74) is 0. The van der Waals surface area contributed by atoms with E-state index in [2.05, 4.69) is 18.4 Å². The van der Waals surface area contributed by atoms with Crippen LogP contribution in [-0.4, -0.2) is 30.6 Å². The lowest BCUT2D eigenvalue weighted by molar-refractivity contribution is 0.256. The van der Waals surface area contributed by atoms with Gasteiger partial charge in [0.25, 0.3) is 0 Å². The second-order valence-corrected chi connectivity index (χ2v) is 2.35. The van der Waals surface area contributed by atoms with Gasteiger partial charge >= 0.3 is 0 Å². The Bertz CT molecular complexity index is 127. The fraction of sp³-hybridized carbons (Fsp3) is 0.833. The van der Waals surface area contributed by atoms with Crippen molar-refractivity contribution in [3.8, 4) is 6.19 Å². The molecule has 0 aliphatic carbocycles. The molecule has 0 amide bonds. The molecule has 3 nitrogen and oxygen atoms in total. The molecule has 0 aromatic rings. The first-order valence-corrected chi connectivity index (χ1v) is 3.21. The van der Waals surface area contributed by atoms with Crippen molar-refractivity contribution in [2.75, 3.05) is 19.6 Å². The third-order valence-electron chi connectivity index (χ3n) is 1.63. The summed E-state index contributed by atoms with van der Waals surface area (Å²) in [4.78, 5) is 1.80. The summed E-state index contributed by atoms with van der Waals surface area (Å²) in [6, 6.07) is 0.378. The molecule has 0 aromatic carbocycles. The second-order valence-electron chi connectivity index (χ2n) is 2.35. The summed E-state index contributed by atoms with van der Waals surface area (Å²) < 4.78 is 0. The molecule has 1 rings (SSSR count). The topological polar surface area (TPSA) is 39.1 Å². The third-order valence-corrected chi connectivity index (χ3v) is 1.63. The number of nitrogens with zero attached hydrogens (tertiary/aromatic N) is 2. The lowest BCUT2D eigenvalue weighted by atomic mass is 10.2. The van der Waals surface area contributed by atoms with Gasteiger partial charge in [0.2, 0.25) is 0 Å². The summed E-state index contributed by atoms with van der Waals surface area (Å²) in [5.74, 6) is 0. The highest BCUT2D eigenvalue weighted by atomic mass is 15.2. The van der Waals surface area contributed by atoms with Crippen molar-refractivity contribution in [3.63, 3.8) is 0 Å². The van der Waals surface area contributed by atoms with Crippen LogP contribution in [0.1, 0.15) is 6.92 Å². The Morgan fingerprint density at radius 3 is 3.00 bits per heavy atom. The minimum Gasteiger partial charge on any atom is -0.313 e. The van der Waals surface area contributed by atoms with Crippen LogP contribution in [0.25, 0.3) is 0 Å². The normalized spacial score (nSPS) is 27.6. The highest BCUT2D eigenvalue weighted by Crippen LogP contribution is 1.98. The molecule has 1 aliphatic heterocycles. The van der Waals surface area contributed by atoms with E-state index in [1.54, 1.807) is 4.90 Å². The average molecular weight is 125 g/mol. The van der Waals surface area contributed by atoms with Crippen LogP contribution in [0, 0.1) is 11.5 Å². The minimum atomic E-state index is 0.378. The Balaban J connectivity index is 2.41. The van der Waals surface area contributed by atoms with E-state index in [4.69, 9.17) is 5.26 Å². The van der Waals surface area contributed by atoms with Gasteiger partial charge in [0.15, 0.2) is 6.19 Å². The first-order valence-electron chi connectivity index (χ1n) is 3.21. The summed E-state index contributed by atoms with van der Waals surface area (Å²) >= 11 is 0. The van der Waals surface area contributed by atoms with E-state index in [9.17, 15) is 0 Å². The van der Waals surface area contributed by atoms with E-state index in [-0.39, 0.29) is 0 Å². The monoisotopic (exact) mass is 125 g/mol. The Labute approximate surface area is 55.3 Å². The van der Waals surface area contributed by atoms with Crippen LogP contribution in [0.4, 0.5) is 0 Å². The number of nitriles is 1. The molecule has 1 N–H and O–H groups in total. The molecule has 1 heterocycles. The van der Waals surface area contributed by atoms with Crippen LogP contribution < -0.4 is 5.32 Å². The van der Waals surface area contributed by atoms with Gasteiger partial charge in [-0.1, -0.05) is 0 Å². The van der Waals surface area contributed by atoms with Crippen molar-refractivity contribution in [1.29, 1.82) is 5.26 Å². The molecule has 0 aromatic heterocycles. The van der Waals surface area contributed by atoms with E-state index in [1.807, 2.05) is 0 Å². The quantitative estimate of drug-likeness (QED) is 0.454. The van der Waals surface area contributed by atoms with Gasteiger partial charge in [0.1, 0.15) is 0 Å². The molecule has 50 valence electrons. The molecule has 1 saturated heterocycles. The second kappa shape index (κ2) is 2.70. The van der Waals surface area contributed by atoms with E-state index in [1.165, 1.54) is 0 Å². The lowest BCUT2D eigenvalue weighted by Crippen LogP contribution is -2.47. The van der Waals surface area contributed by atoms with E-state index < -0.39 is 0 Å². The predicted octanol–water partition coefficient (Wildman–Crippen LogP) is -0.239. The van der Waals surface area contributed by atoms with Gasteiger partial charge in [-0.15, -0.1) is 0 Å². The van der Waals surface area contributed by atoms with Gasteiger partial charge < -0.3 is 10.2 Å². The molecule has 1 atom stereocenters. The van der Waals surface area contributed by atoms with Gasteiger partial charge in [-0.05, 0) is 6.92 Å². The Hall–Kier alpha value is -0.750. The first-order chi connectivity index (χ1) is 4.34. The van der Waals surface area contributed by atoms with Crippen LogP contribution in [0.2, 0.25) is 0 Å². The summed E-state index contributed by atoms with van der Waals surface area (Å²) in [7, 11) is 0. The van der Waals surface area contributed by atoms with Crippen LogP contribution >= 0.6 is 0 Å². The summed E-state index contributed by atoms with van der Waals surface area (Å²) in [6.45, 7) is 4.79. The fourth-order valence-electron chi connectivity index (χ4n) is 0.990. The predicted molar refractivity (Wildman–Crippen MR) is 34.7 cm³/mol. The Kier molecular flexibility index (Phi) is 1.91. The highest BCUT2D eigenvalue weighted by molar-refractivity contribution is 4.84. The zero-order valence-electron chi connectivity index (χ0n) is 5.59. The van der Waals surface area contributed by atoms with Gasteiger partial charge in [-0.25, -0.2) is 0 Å². The number of hydrogen-bond donors (Lipinski definition) is 1. The first kappa shape index (κ1) is 6.37. The molecule has 1 unspecified atom stereocenters. The van der Waals surface area contributed by atoms with Crippen LogP contribution in [0.5, 0.6) is 0 Å². The largest absolute Gasteiger partial charge is 0.313 e. The van der Waals surface area contributed by atoms with E-state index in [0.29, 0.717) is 6.04 Å². The molecular weight excluding hydrogens is 114 g/mol. The number of rotatable bonds is 0. The van der Waals surface area contributed by atoms with Gasteiger partial charge in [0, 0.05) is 25.7 Å². The van der Waals surface area contributed by atoms with Crippen molar-refractivity contribution >= 4 is 0 Å².